The molecule has 102 valence electrons. The monoisotopic (exact) mass is 257 g/mol. The first-order valence-corrected chi connectivity index (χ1v) is 6.15. The second kappa shape index (κ2) is 7.44. The van der Waals surface area contributed by atoms with Crippen LogP contribution in [-0.2, 0) is 4.74 Å². The van der Waals surface area contributed by atoms with Crippen LogP contribution in [0.5, 0.6) is 0 Å². The molecule has 0 aliphatic carbocycles. The third-order valence-corrected chi connectivity index (χ3v) is 3.17. The van der Waals surface area contributed by atoms with Gasteiger partial charge in [0.15, 0.2) is 0 Å². The van der Waals surface area contributed by atoms with Crippen molar-refractivity contribution in [1.29, 1.82) is 0 Å². The van der Waals surface area contributed by atoms with Gasteiger partial charge in [-0.1, -0.05) is 18.2 Å². The van der Waals surface area contributed by atoms with Gasteiger partial charge in [0.2, 0.25) is 0 Å². The lowest BCUT2D eigenvalue weighted by Gasteiger charge is -2.20. The summed E-state index contributed by atoms with van der Waals surface area (Å²) in [5.41, 5.74) is 3.69. The van der Waals surface area contributed by atoms with Crippen LogP contribution in [0.1, 0.15) is 29.2 Å². The highest BCUT2D eigenvalue weighted by Gasteiger charge is 2.13. The first-order chi connectivity index (χ1) is 8.56. The molecule has 0 heterocycles. The summed E-state index contributed by atoms with van der Waals surface area (Å²) in [6.45, 7) is 4.00. The van der Waals surface area contributed by atoms with E-state index < -0.39 is 13.0 Å². The summed E-state index contributed by atoms with van der Waals surface area (Å²) in [7, 11) is 1.87. The predicted molar refractivity (Wildman–Crippen MR) is 69.2 cm³/mol. The first-order valence-electron chi connectivity index (χ1n) is 6.15. The van der Waals surface area contributed by atoms with Crippen molar-refractivity contribution in [2.45, 2.75) is 32.7 Å². The fraction of sp³-hybridized carbons (Fsp3) is 0.571. The number of ether oxygens (including phenoxy) is 1. The van der Waals surface area contributed by atoms with Crippen molar-refractivity contribution in [3.63, 3.8) is 0 Å². The number of aryl methyl sites for hydroxylation is 1. The quantitative estimate of drug-likeness (QED) is 0.757. The Labute approximate surface area is 107 Å². The number of halogens is 2. The normalized spacial score (nSPS) is 13.0. The molecule has 0 saturated carbocycles. The second-order valence-corrected chi connectivity index (χ2v) is 4.39. The third-order valence-electron chi connectivity index (χ3n) is 3.17. The van der Waals surface area contributed by atoms with Crippen LogP contribution in [0, 0.1) is 13.8 Å². The molecule has 0 aliphatic rings. The van der Waals surface area contributed by atoms with Crippen LogP contribution in [-0.4, -0.2) is 26.7 Å². The van der Waals surface area contributed by atoms with Gasteiger partial charge in [-0.15, -0.1) is 0 Å². The lowest BCUT2D eigenvalue weighted by atomic mass is 9.96. The summed E-state index contributed by atoms with van der Waals surface area (Å²) in [4.78, 5) is 0. The zero-order chi connectivity index (χ0) is 13.5. The van der Waals surface area contributed by atoms with Gasteiger partial charge in [-0.2, -0.15) is 0 Å². The van der Waals surface area contributed by atoms with E-state index >= 15 is 0 Å². The largest absolute Gasteiger partial charge is 0.375 e. The number of hydrogen-bond donors (Lipinski definition) is 1. The Hall–Kier alpha value is -1.00. The molecule has 0 bridgehead atoms. The summed E-state index contributed by atoms with van der Waals surface area (Å²) in [5.74, 6) is 0. The average Bonchev–Trinajstić information content (AvgIpc) is 2.33. The van der Waals surface area contributed by atoms with E-state index in [4.69, 9.17) is 4.74 Å². The second-order valence-electron chi connectivity index (χ2n) is 4.39. The minimum Gasteiger partial charge on any atom is -0.375 e. The highest BCUT2D eigenvalue weighted by atomic mass is 19.3. The van der Waals surface area contributed by atoms with E-state index in [2.05, 4.69) is 31.3 Å². The van der Waals surface area contributed by atoms with E-state index in [1.807, 2.05) is 13.1 Å². The molecule has 2 nitrogen and oxygen atoms in total. The Morgan fingerprint density at radius 3 is 2.61 bits per heavy atom. The lowest BCUT2D eigenvalue weighted by molar-refractivity contribution is 0.0145. The maximum atomic E-state index is 11.9. The van der Waals surface area contributed by atoms with Crippen molar-refractivity contribution < 1.29 is 13.5 Å². The van der Waals surface area contributed by atoms with Gasteiger partial charge >= 0.3 is 0 Å². The number of alkyl halides is 2. The minimum atomic E-state index is -2.39. The van der Waals surface area contributed by atoms with Crippen molar-refractivity contribution in [2.75, 3.05) is 20.3 Å². The van der Waals surface area contributed by atoms with Crippen LogP contribution in [0.2, 0.25) is 0 Å². The molecule has 0 spiro atoms. The highest BCUT2D eigenvalue weighted by Crippen LogP contribution is 2.22. The van der Waals surface area contributed by atoms with E-state index in [9.17, 15) is 8.78 Å². The van der Waals surface area contributed by atoms with E-state index in [-0.39, 0.29) is 6.04 Å². The van der Waals surface area contributed by atoms with E-state index in [1.54, 1.807) is 0 Å². The lowest BCUT2D eigenvalue weighted by Crippen LogP contribution is -2.20. The van der Waals surface area contributed by atoms with Crippen LogP contribution in [0.25, 0.3) is 0 Å². The Bertz CT molecular complexity index is 369. The van der Waals surface area contributed by atoms with Gasteiger partial charge in [-0.05, 0) is 44.0 Å². The van der Waals surface area contributed by atoms with Gasteiger partial charge in [0.25, 0.3) is 6.43 Å². The average molecular weight is 257 g/mol. The van der Waals surface area contributed by atoms with Gasteiger partial charge in [0.1, 0.15) is 6.61 Å². The van der Waals surface area contributed by atoms with E-state index in [0.29, 0.717) is 13.0 Å². The van der Waals surface area contributed by atoms with Gasteiger partial charge in [-0.3, -0.25) is 0 Å². The van der Waals surface area contributed by atoms with Crippen LogP contribution >= 0.6 is 0 Å². The fourth-order valence-electron chi connectivity index (χ4n) is 1.98. The predicted octanol–water partition coefficient (Wildman–Crippen LogP) is 3.24. The summed E-state index contributed by atoms with van der Waals surface area (Å²) in [5, 5.41) is 3.21. The SMILES string of the molecule is CNC(CCOCC(F)F)c1cccc(C)c1C. The molecule has 0 aliphatic heterocycles. The standard InChI is InChI=1S/C14H21F2NO/c1-10-5-4-6-12(11(10)2)13(17-3)7-8-18-9-14(15)16/h4-6,13-14,17H,7-9H2,1-3H3. The maximum Gasteiger partial charge on any atom is 0.261 e. The highest BCUT2D eigenvalue weighted by molar-refractivity contribution is 5.35. The van der Waals surface area contributed by atoms with Gasteiger partial charge in [0.05, 0.1) is 0 Å². The van der Waals surface area contributed by atoms with Gasteiger partial charge in [-0.25, -0.2) is 8.78 Å². The molecule has 18 heavy (non-hydrogen) atoms. The third kappa shape index (κ3) is 4.35. The molecule has 1 atom stereocenters. The fourth-order valence-corrected chi connectivity index (χ4v) is 1.98. The Morgan fingerprint density at radius 1 is 1.28 bits per heavy atom. The number of nitrogens with one attached hydrogen (secondary N) is 1. The molecule has 1 aromatic carbocycles. The van der Waals surface area contributed by atoms with Crippen molar-refractivity contribution in [2.24, 2.45) is 0 Å². The molecule has 1 N–H and O–H groups in total. The number of hydrogen-bond acceptors (Lipinski definition) is 2. The first kappa shape index (κ1) is 15.1. The molecular formula is C14H21F2NO. The molecule has 1 unspecified atom stereocenters. The maximum absolute atomic E-state index is 11.9. The molecule has 1 rings (SSSR count). The number of rotatable bonds is 7. The zero-order valence-electron chi connectivity index (χ0n) is 11.2. The van der Waals surface area contributed by atoms with E-state index in [0.717, 1.165) is 0 Å². The Balaban J connectivity index is 2.57. The van der Waals surface area contributed by atoms with Crippen LogP contribution < -0.4 is 5.32 Å². The van der Waals surface area contributed by atoms with Crippen molar-refractivity contribution in [3.05, 3.63) is 34.9 Å². The molecule has 0 aromatic heterocycles. The molecule has 4 heteroatoms. The van der Waals surface area contributed by atoms with Crippen molar-refractivity contribution in [3.8, 4) is 0 Å². The summed E-state index contributed by atoms with van der Waals surface area (Å²) in [6.07, 6.45) is -1.70. The molecule has 0 amide bonds. The minimum absolute atomic E-state index is 0.141. The zero-order valence-corrected chi connectivity index (χ0v) is 11.2. The van der Waals surface area contributed by atoms with Gasteiger partial charge in [0, 0.05) is 12.6 Å². The van der Waals surface area contributed by atoms with Gasteiger partial charge < -0.3 is 10.1 Å². The van der Waals surface area contributed by atoms with Crippen molar-refractivity contribution in [1.82, 2.24) is 5.32 Å². The summed E-state index contributed by atoms with van der Waals surface area (Å²) < 4.78 is 28.8. The van der Waals surface area contributed by atoms with Crippen molar-refractivity contribution >= 4 is 0 Å². The Kier molecular flexibility index (Phi) is 6.22. The molecule has 0 saturated heterocycles. The smallest absolute Gasteiger partial charge is 0.261 e. The Morgan fingerprint density at radius 2 is 2.00 bits per heavy atom. The van der Waals surface area contributed by atoms with E-state index in [1.165, 1.54) is 16.7 Å². The van der Waals surface area contributed by atoms with Crippen LogP contribution in [0.3, 0.4) is 0 Å². The molecule has 1 aromatic rings. The topological polar surface area (TPSA) is 21.3 Å². The molecular weight excluding hydrogens is 236 g/mol. The summed E-state index contributed by atoms with van der Waals surface area (Å²) >= 11 is 0. The van der Waals surface area contributed by atoms with Crippen LogP contribution in [0.15, 0.2) is 18.2 Å². The molecule has 0 fully saturated rings. The summed E-state index contributed by atoms with van der Waals surface area (Å²) in [6, 6.07) is 6.29. The number of benzene rings is 1. The molecule has 0 radical (unpaired) electrons. The van der Waals surface area contributed by atoms with Crippen LogP contribution in [0.4, 0.5) is 8.78 Å².